The van der Waals surface area contributed by atoms with Gasteiger partial charge in [0.1, 0.15) is 11.4 Å². The van der Waals surface area contributed by atoms with Gasteiger partial charge in [-0.1, -0.05) is 32.0 Å². The molecular formula is C27H30FN3O2S. The first-order valence-corrected chi connectivity index (χ1v) is 12.1. The Labute approximate surface area is 205 Å². The summed E-state index contributed by atoms with van der Waals surface area (Å²) in [7, 11) is 0. The number of fused-ring (bicyclic) bond motifs is 1. The van der Waals surface area contributed by atoms with E-state index in [-0.39, 0.29) is 27.7 Å². The van der Waals surface area contributed by atoms with Crippen LogP contribution in [0.5, 0.6) is 0 Å². The molecule has 2 aromatic rings. The molecule has 34 heavy (non-hydrogen) atoms. The molecule has 4 rings (SSSR count). The highest BCUT2D eigenvalue weighted by molar-refractivity contribution is 7.80. The van der Waals surface area contributed by atoms with Crippen LogP contribution in [-0.2, 0) is 16.0 Å². The second-order valence-electron chi connectivity index (χ2n) is 9.53. The minimum Gasteiger partial charge on any atom is -0.366 e. The maximum Gasteiger partial charge on any atom is 0.270 e. The number of para-hydroxylation sites is 1. The van der Waals surface area contributed by atoms with Crippen molar-refractivity contribution in [1.82, 2.24) is 5.32 Å². The Balaban J connectivity index is 1.79. The molecule has 0 spiro atoms. The number of nitrogens with one attached hydrogen (secondary N) is 1. The van der Waals surface area contributed by atoms with E-state index in [0.29, 0.717) is 12.1 Å². The van der Waals surface area contributed by atoms with Gasteiger partial charge in [-0.15, -0.1) is 0 Å². The van der Waals surface area contributed by atoms with Crippen molar-refractivity contribution >= 4 is 46.6 Å². The molecule has 1 saturated heterocycles. The molecule has 0 aromatic heterocycles. The van der Waals surface area contributed by atoms with Crippen molar-refractivity contribution in [3.8, 4) is 0 Å². The van der Waals surface area contributed by atoms with Crippen LogP contribution in [-0.4, -0.2) is 29.0 Å². The van der Waals surface area contributed by atoms with E-state index in [4.69, 9.17) is 12.2 Å². The van der Waals surface area contributed by atoms with Crippen LogP contribution in [0, 0.1) is 5.82 Å². The van der Waals surface area contributed by atoms with Crippen LogP contribution in [0.1, 0.15) is 63.6 Å². The highest BCUT2D eigenvalue weighted by Gasteiger charge is 2.38. The van der Waals surface area contributed by atoms with Gasteiger partial charge in [0.25, 0.3) is 11.8 Å². The van der Waals surface area contributed by atoms with Crippen LogP contribution >= 0.6 is 12.2 Å². The molecule has 0 saturated carbocycles. The summed E-state index contributed by atoms with van der Waals surface area (Å²) >= 11 is 5.32. The fourth-order valence-corrected chi connectivity index (χ4v) is 5.56. The van der Waals surface area contributed by atoms with Crippen molar-refractivity contribution in [2.75, 3.05) is 16.3 Å². The van der Waals surface area contributed by atoms with Crippen LogP contribution < -0.4 is 15.1 Å². The first-order valence-electron chi connectivity index (χ1n) is 11.7. The lowest BCUT2D eigenvalue weighted by Crippen LogP contribution is -2.54. The summed E-state index contributed by atoms with van der Waals surface area (Å²) in [6.45, 7) is 11.3. The molecule has 7 heteroatoms. The van der Waals surface area contributed by atoms with Gasteiger partial charge in [-0.2, -0.15) is 0 Å². The largest absolute Gasteiger partial charge is 0.366 e. The first kappa shape index (κ1) is 24.1. The van der Waals surface area contributed by atoms with Gasteiger partial charge in [0.15, 0.2) is 5.11 Å². The topological polar surface area (TPSA) is 52.7 Å². The molecule has 2 aromatic carbocycles. The Kier molecular flexibility index (Phi) is 6.34. The summed E-state index contributed by atoms with van der Waals surface area (Å²) in [5, 5.41) is 2.62. The van der Waals surface area contributed by atoms with Crippen LogP contribution in [0.4, 0.5) is 15.8 Å². The molecule has 1 N–H and O–H groups in total. The average molecular weight is 480 g/mol. The van der Waals surface area contributed by atoms with Gasteiger partial charge < -0.3 is 4.90 Å². The zero-order chi connectivity index (χ0) is 24.8. The van der Waals surface area contributed by atoms with E-state index in [2.05, 4.69) is 37.9 Å². The number of amides is 2. The van der Waals surface area contributed by atoms with Gasteiger partial charge in [-0.25, -0.2) is 4.39 Å². The molecule has 178 valence electrons. The Hall–Kier alpha value is -3.06. The molecule has 1 fully saturated rings. The van der Waals surface area contributed by atoms with E-state index >= 15 is 4.39 Å². The second-order valence-corrected chi connectivity index (χ2v) is 9.92. The van der Waals surface area contributed by atoms with Crippen molar-refractivity contribution in [3.05, 3.63) is 64.5 Å². The van der Waals surface area contributed by atoms with Crippen molar-refractivity contribution < 1.29 is 14.0 Å². The summed E-state index contributed by atoms with van der Waals surface area (Å²) in [6.07, 6.45) is 2.96. The molecule has 1 atom stereocenters. The van der Waals surface area contributed by atoms with Gasteiger partial charge >= 0.3 is 0 Å². The summed E-state index contributed by atoms with van der Waals surface area (Å²) in [4.78, 5) is 29.7. The second kappa shape index (κ2) is 8.95. The third-order valence-corrected chi connectivity index (χ3v) is 7.12. The summed E-state index contributed by atoms with van der Waals surface area (Å²) < 4.78 is 15.3. The zero-order valence-electron chi connectivity index (χ0n) is 20.2. The monoisotopic (exact) mass is 479 g/mol. The van der Waals surface area contributed by atoms with Crippen molar-refractivity contribution in [1.29, 1.82) is 0 Å². The summed E-state index contributed by atoms with van der Waals surface area (Å²) in [5.74, 6) is -1.44. The number of halogens is 1. The average Bonchev–Trinajstić information content (AvgIpc) is 2.77. The highest BCUT2D eigenvalue weighted by Crippen LogP contribution is 2.44. The highest BCUT2D eigenvalue weighted by atomic mass is 32.1. The summed E-state index contributed by atoms with van der Waals surface area (Å²) in [5.41, 5.74) is 3.41. The van der Waals surface area contributed by atoms with Crippen molar-refractivity contribution in [3.63, 3.8) is 0 Å². The number of aryl methyl sites for hydroxylation is 1. The van der Waals surface area contributed by atoms with Gasteiger partial charge in [0.2, 0.25) is 0 Å². The number of nitrogens with zero attached hydrogens (tertiary/aromatic N) is 2. The molecule has 2 aliphatic rings. The molecule has 2 aliphatic heterocycles. The lowest BCUT2D eigenvalue weighted by atomic mass is 9.79. The van der Waals surface area contributed by atoms with Crippen LogP contribution in [0.15, 0.2) is 42.0 Å². The Morgan fingerprint density at radius 2 is 1.88 bits per heavy atom. The smallest absolute Gasteiger partial charge is 0.270 e. The number of thiocarbonyl (C=S) groups is 1. The third-order valence-electron chi connectivity index (χ3n) is 6.84. The SMILES string of the molecule is CCc1ccccc1N1C(=O)/C(=C\c2cc3c(cc2F)N(CC)C(C)(C)CC3C)C(=O)NC1=S. The molecule has 0 bridgehead atoms. The molecular weight excluding hydrogens is 449 g/mol. The van der Waals surface area contributed by atoms with E-state index < -0.39 is 17.6 Å². The third kappa shape index (κ3) is 4.02. The number of carbonyl (C=O) groups is 2. The fourth-order valence-electron chi connectivity index (χ4n) is 5.29. The Bertz CT molecular complexity index is 1220. The molecule has 0 radical (unpaired) electrons. The van der Waals surface area contributed by atoms with Crippen molar-refractivity contribution in [2.45, 2.75) is 58.9 Å². The maximum atomic E-state index is 15.3. The Morgan fingerprint density at radius 1 is 1.18 bits per heavy atom. The van der Waals surface area contributed by atoms with Gasteiger partial charge in [-0.3, -0.25) is 19.8 Å². The lowest BCUT2D eigenvalue weighted by molar-refractivity contribution is -0.122. The number of rotatable bonds is 4. The van der Waals surface area contributed by atoms with E-state index in [1.807, 2.05) is 25.1 Å². The Morgan fingerprint density at radius 3 is 2.56 bits per heavy atom. The summed E-state index contributed by atoms with van der Waals surface area (Å²) in [6, 6.07) is 10.7. The van der Waals surface area contributed by atoms with Crippen molar-refractivity contribution in [2.24, 2.45) is 0 Å². The zero-order valence-corrected chi connectivity index (χ0v) is 21.1. The number of anilines is 2. The predicted molar refractivity (Wildman–Crippen MR) is 139 cm³/mol. The van der Waals surface area contributed by atoms with E-state index in [0.717, 1.165) is 29.8 Å². The number of hydrogen-bond acceptors (Lipinski definition) is 4. The van der Waals surface area contributed by atoms with Gasteiger partial charge in [0, 0.05) is 23.3 Å². The minimum absolute atomic E-state index is 0.0217. The van der Waals surface area contributed by atoms with E-state index in [1.54, 1.807) is 12.1 Å². The molecule has 1 unspecified atom stereocenters. The quantitative estimate of drug-likeness (QED) is 0.366. The van der Waals surface area contributed by atoms with Crippen LogP contribution in [0.3, 0.4) is 0 Å². The minimum atomic E-state index is -0.623. The standard InChI is InChI=1S/C27H30FN3O2S/c1-6-17-10-8-9-11-22(17)31-25(33)20(24(32)29-26(31)34)13-18-12-19-16(3)15-27(4,5)30(7-2)23(19)14-21(18)28/h8-14,16H,6-7,15H2,1-5H3,(H,29,32,34)/b20-13-. The fraction of sp³-hybridized carbons (Fsp3) is 0.370. The van der Waals surface area contributed by atoms with Gasteiger partial charge in [0.05, 0.1) is 5.69 Å². The number of benzene rings is 2. The molecule has 0 aliphatic carbocycles. The van der Waals surface area contributed by atoms with E-state index in [9.17, 15) is 9.59 Å². The normalized spacial score (nSPS) is 21.1. The molecule has 2 heterocycles. The maximum absolute atomic E-state index is 15.3. The predicted octanol–water partition coefficient (Wildman–Crippen LogP) is 5.33. The molecule has 2 amide bonds. The van der Waals surface area contributed by atoms with E-state index in [1.165, 1.54) is 17.0 Å². The first-order chi connectivity index (χ1) is 16.1. The number of hydrogen-bond donors (Lipinski definition) is 1. The van der Waals surface area contributed by atoms with Crippen LogP contribution in [0.2, 0.25) is 0 Å². The van der Waals surface area contributed by atoms with Gasteiger partial charge in [-0.05, 0) is 87.2 Å². The van der Waals surface area contributed by atoms with Crippen LogP contribution in [0.25, 0.3) is 6.08 Å². The number of carbonyl (C=O) groups excluding carboxylic acids is 2. The molecule has 5 nitrogen and oxygen atoms in total. The lowest BCUT2D eigenvalue weighted by Gasteiger charge is -2.47.